The molecule has 0 spiro atoms. The van der Waals surface area contributed by atoms with Gasteiger partial charge < -0.3 is 25.0 Å². The highest BCUT2D eigenvalue weighted by Crippen LogP contribution is 2.28. The van der Waals surface area contributed by atoms with E-state index in [1.165, 1.54) is 0 Å². The van der Waals surface area contributed by atoms with Gasteiger partial charge in [0, 0.05) is 5.56 Å². The average Bonchev–Trinajstić information content (AvgIpc) is 3.03. The van der Waals surface area contributed by atoms with Gasteiger partial charge in [-0.3, -0.25) is 4.79 Å². The summed E-state index contributed by atoms with van der Waals surface area (Å²) < 4.78 is 10.6. The first-order valence-electron chi connectivity index (χ1n) is 7.57. The molecule has 0 saturated carbocycles. The SMILES string of the molecule is O=C(N[C@@H]1[C@@H](O)[C@@H]2OC[C@@H](O2)[C@H]1O)c1cccc2ccccc12. The third-order valence-corrected chi connectivity index (χ3v) is 4.46. The number of amides is 1. The molecule has 6 heteroatoms. The predicted molar refractivity (Wildman–Crippen MR) is 81.8 cm³/mol. The zero-order valence-electron chi connectivity index (χ0n) is 12.3. The van der Waals surface area contributed by atoms with Gasteiger partial charge in [0.05, 0.1) is 12.6 Å². The van der Waals surface area contributed by atoms with Crippen molar-refractivity contribution in [3.8, 4) is 0 Å². The van der Waals surface area contributed by atoms with Gasteiger partial charge in [-0.25, -0.2) is 0 Å². The Bertz CT molecular complexity index is 727. The van der Waals surface area contributed by atoms with E-state index in [1.54, 1.807) is 12.1 Å². The molecule has 5 atom stereocenters. The first kappa shape index (κ1) is 14.6. The molecule has 3 N–H and O–H groups in total. The van der Waals surface area contributed by atoms with Crippen LogP contribution in [0.5, 0.6) is 0 Å². The summed E-state index contributed by atoms with van der Waals surface area (Å²) in [4.78, 5) is 12.6. The van der Waals surface area contributed by atoms with Crippen LogP contribution in [0.3, 0.4) is 0 Å². The Morgan fingerprint density at radius 3 is 2.74 bits per heavy atom. The summed E-state index contributed by atoms with van der Waals surface area (Å²) in [5.41, 5.74) is 0.502. The van der Waals surface area contributed by atoms with Crippen LogP contribution in [0.25, 0.3) is 10.8 Å². The lowest BCUT2D eigenvalue weighted by atomic mass is 9.97. The lowest BCUT2D eigenvalue weighted by Gasteiger charge is -2.36. The van der Waals surface area contributed by atoms with Crippen molar-refractivity contribution < 1.29 is 24.5 Å². The molecule has 0 aliphatic carbocycles. The van der Waals surface area contributed by atoms with Crippen molar-refractivity contribution in [3.63, 3.8) is 0 Å². The minimum atomic E-state index is -1.11. The Kier molecular flexibility index (Phi) is 3.54. The number of carbonyl (C=O) groups is 1. The fourth-order valence-electron chi connectivity index (χ4n) is 3.22. The molecule has 120 valence electrons. The number of benzene rings is 2. The van der Waals surface area contributed by atoms with Crippen molar-refractivity contribution in [2.75, 3.05) is 6.61 Å². The third-order valence-electron chi connectivity index (χ3n) is 4.46. The fraction of sp³-hybridized carbons (Fsp3) is 0.353. The minimum Gasteiger partial charge on any atom is -0.388 e. The summed E-state index contributed by atoms with van der Waals surface area (Å²) in [5.74, 6) is -0.341. The summed E-state index contributed by atoms with van der Waals surface area (Å²) in [6, 6.07) is 12.2. The molecule has 2 heterocycles. The van der Waals surface area contributed by atoms with Gasteiger partial charge in [0.2, 0.25) is 0 Å². The number of nitrogens with one attached hydrogen (secondary N) is 1. The highest BCUT2D eigenvalue weighted by atomic mass is 16.7. The number of fused-ring (bicyclic) bond motifs is 3. The summed E-state index contributed by atoms with van der Waals surface area (Å²) >= 11 is 0. The van der Waals surface area contributed by atoms with Crippen molar-refractivity contribution in [1.29, 1.82) is 0 Å². The first-order chi connectivity index (χ1) is 11.1. The zero-order valence-corrected chi connectivity index (χ0v) is 12.3. The molecule has 0 unspecified atom stereocenters. The molecule has 2 fully saturated rings. The van der Waals surface area contributed by atoms with E-state index in [1.807, 2.05) is 30.3 Å². The summed E-state index contributed by atoms with van der Waals surface area (Å²) in [7, 11) is 0. The van der Waals surface area contributed by atoms with Crippen LogP contribution in [0.2, 0.25) is 0 Å². The molecular formula is C17H17NO5. The fourth-order valence-corrected chi connectivity index (χ4v) is 3.22. The Hall–Kier alpha value is -1.99. The number of aliphatic hydroxyl groups is 2. The summed E-state index contributed by atoms with van der Waals surface area (Å²) in [5, 5.41) is 25.0. The van der Waals surface area contributed by atoms with Gasteiger partial charge in [-0.2, -0.15) is 0 Å². The molecule has 2 saturated heterocycles. The van der Waals surface area contributed by atoms with Crippen molar-refractivity contribution in [3.05, 3.63) is 48.0 Å². The van der Waals surface area contributed by atoms with Crippen LogP contribution in [0.1, 0.15) is 10.4 Å². The van der Waals surface area contributed by atoms with Gasteiger partial charge in [-0.05, 0) is 16.8 Å². The van der Waals surface area contributed by atoms with E-state index in [-0.39, 0.29) is 12.5 Å². The molecule has 0 aromatic heterocycles. The van der Waals surface area contributed by atoms with E-state index < -0.39 is 30.6 Å². The number of rotatable bonds is 2. The van der Waals surface area contributed by atoms with Gasteiger partial charge in [-0.1, -0.05) is 36.4 Å². The lowest BCUT2D eigenvalue weighted by molar-refractivity contribution is -0.193. The largest absolute Gasteiger partial charge is 0.388 e. The van der Waals surface area contributed by atoms with E-state index in [0.29, 0.717) is 5.56 Å². The van der Waals surface area contributed by atoms with E-state index >= 15 is 0 Å². The van der Waals surface area contributed by atoms with E-state index in [9.17, 15) is 15.0 Å². The number of hydrogen-bond acceptors (Lipinski definition) is 5. The maximum atomic E-state index is 12.6. The third kappa shape index (κ3) is 2.40. The van der Waals surface area contributed by atoms with Crippen LogP contribution in [-0.2, 0) is 9.47 Å². The van der Waals surface area contributed by atoms with Gasteiger partial charge >= 0.3 is 0 Å². The molecule has 2 aromatic carbocycles. The number of aliphatic hydroxyl groups excluding tert-OH is 2. The van der Waals surface area contributed by atoms with Crippen molar-refractivity contribution in [1.82, 2.24) is 5.32 Å². The number of ether oxygens (including phenoxy) is 2. The zero-order chi connectivity index (χ0) is 16.0. The normalized spacial score (nSPS) is 32.9. The molecular weight excluding hydrogens is 298 g/mol. The van der Waals surface area contributed by atoms with Crippen molar-refractivity contribution in [2.45, 2.75) is 30.6 Å². The summed E-state index contributed by atoms with van der Waals surface area (Å²) in [6.07, 6.45) is -3.45. The Labute approximate surface area is 132 Å². The molecule has 0 radical (unpaired) electrons. The molecule has 2 aliphatic rings. The second kappa shape index (κ2) is 5.58. The van der Waals surface area contributed by atoms with Crippen molar-refractivity contribution in [2.24, 2.45) is 0 Å². The molecule has 23 heavy (non-hydrogen) atoms. The van der Waals surface area contributed by atoms with Crippen LogP contribution in [-0.4, -0.2) is 53.4 Å². The second-order valence-corrected chi connectivity index (χ2v) is 5.88. The van der Waals surface area contributed by atoms with Gasteiger partial charge in [-0.15, -0.1) is 0 Å². The molecule has 1 amide bonds. The van der Waals surface area contributed by atoms with Crippen LogP contribution >= 0.6 is 0 Å². The minimum absolute atomic E-state index is 0.212. The van der Waals surface area contributed by atoms with E-state index in [4.69, 9.17) is 9.47 Å². The smallest absolute Gasteiger partial charge is 0.252 e. The van der Waals surface area contributed by atoms with E-state index in [0.717, 1.165) is 10.8 Å². The van der Waals surface area contributed by atoms with Gasteiger partial charge in [0.15, 0.2) is 6.29 Å². The molecule has 2 aromatic rings. The average molecular weight is 315 g/mol. The monoisotopic (exact) mass is 315 g/mol. The second-order valence-electron chi connectivity index (χ2n) is 5.88. The lowest BCUT2D eigenvalue weighted by Crippen LogP contribution is -2.61. The maximum absolute atomic E-state index is 12.6. The van der Waals surface area contributed by atoms with Crippen molar-refractivity contribution >= 4 is 16.7 Å². The number of carbonyl (C=O) groups excluding carboxylic acids is 1. The Balaban J connectivity index is 1.62. The molecule has 6 nitrogen and oxygen atoms in total. The van der Waals surface area contributed by atoms with Crippen LogP contribution in [0.4, 0.5) is 0 Å². The molecule has 2 aliphatic heterocycles. The quantitative estimate of drug-likeness (QED) is 0.747. The van der Waals surface area contributed by atoms with Gasteiger partial charge in [0.1, 0.15) is 18.3 Å². The number of hydrogen-bond donors (Lipinski definition) is 3. The van der Waals surface area contributed by atoms with Crippen LogP contribution in [0.15, 0.2) is 42.5 Å². The Morgan fingerprint density at radius 1 is 1.09 bits per heavy atom. The molecule has 2 bridgehead atoms. The summed E-state index contributed by atoms with van der Waals surface area (Å²) in [6.45, 7) is 0.212. The predicted octanol–water partition coefficient (Wildman–Crippen LogP) is 0.415. The van der Waals surface area contributed by atoms with Crippen LogP contribution in [0, 0.1) is 0 Å². The highest BCUT2D eigenvalue weighted by molar-refractivity contribution is 6.07. The van der Waals surface area contributed by atoms with Gasteiger partial charge in [0.25, 0.3) is 5.91 Å². The first-order valence-corrected chi connectivity index (χ1v) is 7.57. The Morgan fingerprint density at radius 2 is 1.87 bits per heavy atom. The molecule has 4 rings (SSSR count). The topological polar surface area (TPSA) is 88.0 Å². The van der Waals surface area contributed by atoms with E-state index in [2.05, 4.69) is 5.32 Å². The maximum Gasteiger partial charge on any atom is 0.252 e. The standard InChI is InChI=1S/C17H17NO5/c19-14-12-8-22-17(23-12)15(20)13(14)18-16(21)11-7-3-5-9-4-1-2-6-10(9)11/h1-7,12-15,17,19-20H,8H2,(H,18,21)/t12-,13+,14-,15-,17-/m1/s1. The van der Waals surface area contributed by atoms with Crippen LogP contribution < -0.4 is 5.32 Å². The highest BCUT2D eigenvalue weighted by Gasteiger charge is 2.50.